The van der Waals surface area contributed by atoms with Crippen molar-refractivity contribution in [2.24, 2.45) is 0 Å². The fourth-order valence-corrected chi connectivity index (χ4v) is 3.02. The summed E-state index contributed by atoms with van der Waals surface area (Å²) in [6.45, 7) is 7.16. The topological polar surface area (TPSA) is 50.3 Å². The van der Waals surface area contributed by atoms with E-state index in [1.165, 1.54) is 5.56 Å². The third-order valence-electron chi connectivity index (χ3n) is 3.47. The smallest absolute Gasteiger partial charge is 0.226 e. The molecule has 0 amide bonds. The lowest BCUT2D eigenvalue weighted by atomic mass is 10.1. The highest BCUT2D eigenvalue weighted by atomic mass is 32.1. The molecule has 5 nitrogen and oxygen atoms in total. The first-order chi connectivity index (χ1) is 10.3. The van der Waals surface area contributed by atoms with Crippen molar-refractivity contribution in [2.45, 2.75) is 19.9 Å². The van der Waals surface area contributed by atoms with Crippen molar-refractivity contribution in [3.8, 4) is 5.88 Å². The van der Waals surface area contributed by atoms with Gasteiger partial charge in [0.2, 0.25) is 11.8 Å². The molecule has 0 spiro atoms. The van der Waals surface area contributed by atoms with Crippen LogP contribution in [0.4, 0.5) is 5.95 Å². The predicted octanol–water partition coefficient (Wildman–Crippen LogP) is 3.04. The number of thiophene rings is 1. The van der Waals surface area contributed by atoms with E-state index in [1.807, 2.05) is 0 Å². The highest BCUT2D eigenvalue weighted by Gasteiger charge is 2.18. The summed E-state index contributed by atoms with van der Waals surface area (Å²) in [5.74, 6) is 1.17. The minimum absolute atomic E-state index is 0.320. The predicted molar refractivity (Wildman–Crippen MR) is 87.1 cm³/mol. The van der Waals surface area contributed by atoms with Gasteiger partial charge < -0.3 is 10.1 Å². The van der Waals surface area contributed by atoms with Gasteiger partial charge in [-0.2, -0.15) is 16.3 Å². The maximum absolute atomic E-state index is 5.12. The van der Waals surface area contributed by atoms with E-state index in [0.717, 1.165) is 19.6 Å². The molecule has 1 N–H and O–H groups in total. The maximum atomic E-state index is 5.12. The summed E-state index contributed by atoms with van der Waals surface area (Å²) < 4.78 is 5.12. The zero-order valence-electron chi connectivity index (χ0n) is 12.7. The zero-order chi connectivity index (χ0) is 15.1. The standard InChI is InChI=1S/C15H22N4OS/c1-4-19(5-2)13(12-7-9-21-11-12)10-17-15-16-8-6-14(18-15)20-3/h6-9,11,13H,4-5,10H2,1-3H3,(H,16,17,18)/t13-/m1/s1. The molecule has 0 aliphatic rings. The lowest BCUT2D eigenvalue weighted by molar-refractivity contribution is 0.228. The van der Waals surface area contributed by atoms with Gasteiger partial charge in [0.15, 0.2) is 0 Å². The van der Waals surface area contributed by atoms with Gasteiger partial charge in [-0.3, -0.25) is 4.90 Å². The zero-order valence-corrected chi connectivity index (χ0v) is 13.6. The Morgan fingerprint density at radius 3 is 2.76 bits per heavy atom. The molecule has 0 aliphatic heterocycles. The molecule has 2 heterocycles. The van der Waals surface area contributed by atoms with Crippen molar-refractivity contribution >= 4 is 17.3 Å². The molecule has 0 saturated carbocycles. The molecule has 0 aliphatic carbocycles. The van der Waals surface area contributed by atoms with Gasteiger partial charge in [-0.05, 0) is 35.5 Å². The first-order valence-electron chi connectivity index (χ1n) is 7.15. The Bertz CT molecular complexity index is 528. The van der Waals surface area contributed by atoms with Crippen LogP contribution in [0, 0.1) is 0 Å². The summed E-state index contributed by atoms with van der Waals surface area (Å²) in [6.07, 6.45) is 1.70. The number of hydrogen-bond donors (Lipinski definition) is 1. The molecule has 0 bridgehead atoms. The fourth-order valence-electron chi connectivity index (χ4n) is 2.32. The molecule has 0 fully saturated rings. The molecule has 2 rings (SSSR count). The monoisotopic (exact) mass is 306 g/mol. The van der Waals surface area contributed by atoms with Crippen molar-refractivity contribution in [3.05, 3.63) is 34.7 Å². The average Bonchev–Trinajstić information content (AvgIpc) is 3.05. The van der Waals surface area contributed by atoms with Gasteiger partial charge >= 0.3 is 0 Å². The fraction of sp³-hybridized carbons (Fsp3) is 0.467. The molecular weight excluding hydrogens is 284 g/mol. The number of rotatable bonds is 8. The molecule has 6 heteroatoms. The Hall–Kier alpha value is -1.66. The first-order valence-corrected chi connectivity index (χ1v) is 8.09. The molecule has 0 aromatic carbocycles. The summed E-state index contributed by atoms with van der Waals surface area (Å²) in [5, 5.41) is 7.64. The van der Waals surface area contributed by atoms with Crippen molar-refractivity contribution < 1.29 is 4.74 Å². The van der Waals surface area contributed by atoms with E-state index >= 15 is 0 Å². The minimum atomic E-state index is 0.320. The van der Waals surface area contributed by atoms with Gasteiger partial charge in [-0.15, -0.1) is 0 Å². The van der Waals surface area contributed by atoms with Crippen LogP contribution >= 0.6 is 11.3 Å². The van der Waals surface area contributed by atoms with E-state index in [0.29, 0.717) is 17.9 Å². The molecular formula is C15H22N4OS. The van der Waals surface area contributed by atoms with E-state index in [4.69, 9.17) is 4.74 Å². The summed E-state index contributed by atoms with van der Waals surface area (Å²) in [5.41, 5.74) is 1.33. The SMILES string of the molecule is CCN(CC)[C@H](CNc1nccc(OC)n1)c1ccsc1. The maximum Gasteiger partial charge on any atom is 0.226 e. The molecule has 114 valence electrons. The Labute approximate surface area is 130 Å². The van der Waals surface area contributed by atoms with Crippen LogP contribution < -0.4 is 10.1 Å². The molecule has 0 saturated heterocycles. The largest absolute Gasteiger partial charge is 0.481 e. The van der Waals surface area contributed by atoms with Gasteiger partial charge in [0.05, 0.1) is 13.2 Å². The number of nitrogens with one attached hydrogen (secondary N) is 1. The number of hydrogen-bond acceptors (Lipinski definition) is 6. The third-order valence-corrected chi connectivity index (χ3v) is 4.18. The summed E-state index contributed by atoms with van der Waals surface area (Å²) >= 11 is 1.73. The van der Waals surface area contributed by atoms with E-state index < -0.39 is 0 Å². The Kier molecular flexibility index (Phi) is 5.95. The van der Waals surface area contributed by atoms with Crippen LogP contribution in [0.15, 0.2) is 29.1 Å². The van der Waals surface area contributed by atoms with Crippen LogP contribution in [0.5, 0.6) is 5.88 Å². The molecule has 0 radical (unpaired) electrons. The van der Waals surface area contributed by atoms with Crippen molar-refractivity contribution in [1.82, 2.24) is 14.9 Å². The number of ether oxygens (including phenoxy) is 1. The molecule has 2 aromatic heterocycles. The summed E-state index contributed by atoms with van der Waals surface area (Å²) in [7, 11) is 1.61. The second-order valence-electron chi connectivity index (χ2n) is 4.60. The Morgan fingerprint density at radius 2 is 2.14 bits per heavy atom. The van der Waals surface area contributed by atoms with E-state index in [9.17, 15) is 0 Å². The summed E-state index contributed by atoms with van der Waals surface area (Å²) in [6, 6.07) is 4.24. The lowest BCUT2D eigenvalue weighted by Gasteiger charge is -2.29. The van der Waals surface area contributed by atoms with Crippen LogP contribution in [0.25, 0.3) is 0 Å². The Morgan fingerprint density at radius 1 is 1.33 bits per heavy atom. The van der Waals surface area contributed by atoms with E-state index in [-0.39, 0.29) is 0 Å². The van der Waals surface area contributed by atoms with Gasteiger partial charge in [-0.1, -0.05) is 13.8 Å². The van der Waals surface area contributed by atoms with E-state index in [1.54, 1.807) is 30.7 Å². The lowest BCUT2D eigenvalue weighted by Crippen LogP contribution is -2.33. The Balaban J connectivity index is 2.08. The highest BCUT2D eigenvalue weighted by molar-refractivity contribution is 7.07. The van der Waals surface area contributed by atoms with Crippen LogP contribution in [-0.2, 0) is 0 Å². The number of aromatic nitrogens is 2. The van der Waals surface area contributed by atoms with Crippen LogP contribution in [0.3, 0.4) is 0 Å². The second kappa shape index (κ2) is 7.95. The molecule has 21 heavy (non-hydrogen) atoms. The van der Waals surface area contributed by atoms with Gasteiger partial charge in [-0.25, -0.2) is 4.98 Å². The third kappa shape index (κ3) is 4.15. The van der Waals surface area contributed by atoms with E-state index in [2.05, 4.69) is 50.9 Å². The van der Waals surface area contributed by atoms with Crippen molar-refractivity contribution in [1.29, 1.82) is 0 Å². The molecule has 0 unspecified atom stereocenters. The first kappa shape index (κ1) is 15.7. The molecule has 2 aromatic rings. The van der Waals surface area contributed by atoms with Crippen LogP contribution in [0.2, 0.25) is 0 Å². The van der Waals surface area contributed by atoms with Crippen molar-refractivity contribution in [2.75, 3.05) is 32.1 Å². The minimum Gasteiger partial charge on any atom is -0.481 e. The van der Waals surface area contributed by atoms with Gasteiger partial charge in [0.25, 0.3) is 0 Å². The highest BCUT2D eigenvalue weighted by Crippen LogP contribution is 2.23. The van der Waals surface area contributed by atoms with Gasteiger partial charge in [0.1, 0.15) is 0 Å². The second-order valence-corrected chi connectivity index (χ2v) is 5.38. The quantitative estimate of drug-likeness (QED) is 0.812. The number of anilines is 1. The van der Waals surface area contributed by atoms with Crippen molar-refractivity contribution in [3.63, 3.8) is 0 Å². The summed E-state index contributed by atoms with van der Waals surface area (Å²) in [4.78, 5) is 11.0. The van der Waals surface area contributed by atoms with Crippen LogP contribution in [0.1, 0.15) is 25.5 Å². The molecule has 1 atom stereocenters. The average molecular weight is 306 g/mol. The number of methoxy groups -OCH3 is 1. The normalized spacial score (nSPS) is 12.4. The number of likely N-dealkylation sites (N-methyl/N-ethyl adjacent to an activating group) is 1. The number of nitrogens with zero attached hydrogens (tertiary/aromatic N) is 3. The van der Waals surface area contributed by atoms with Crippen LogP contribution in [-0.4, -0.2) is 41.6 Å². The van der Waals surface area contributed by atoms with Gasteiger partial charge in [0, 0.05) is 18.8 Å².